The second-order valence-electron chi connectivity index (χ2n) is 3.13. The van der Waals surface area contributed by atoms with E-state index in [1.54, 1.807) is 25.1 Å². The summed E-state index contributed by atoms with van der Waals surface area (Å²) >= 11 is 0. The molecule has 0 aliphatic rings. The van der Waals surface area contributed by atoms with Crippen molar-refractivity contribution in [1.29, 1.82) is 0 Å². The Labute approximate surface area is 86.6 Å². The number of furan rings is 1. The third-order valence-electron chi connectivity index (χ3n) is 2.08. The molecule has 4 heteroatoms. The van der Waals surface area contributed by atoms with Gasteiger partial charge in [0.1, 0.15) is 0 Å². The zero-order chi connectivity index (χ0) is 10.8. The van der Waals surface area contributed by atoms with E-state index in [9.17, 15) is 4.79 Å². The van der Waals surface area contributed by atoms with Crippen molar-refractivity contribution in [2.45, 2.75) is 6.92 Å². The Morgan fingerprint density at radius 2 is 2.33 bits per heavy atom. The molecule has 15 heavy (non-hydrogen) atoms. The first-order valence-corrected chi connectivity index (χ1v) is 4.66. The van der Waals surface area contributed by atoms with E-state index in [-0.39, 0.29) is 5.76 Å². The van der Waals surface area contributed by atoms with Gasteiger partial charge in [-0.15, -0.1) is 0 Å². The maximum atomic E-state index is 11.5. The van der Waals surface area contributed by atoms with Crippen LogP contribution >= 0.6 is 0 Å². The van der Waals surface area contributed by atoms with Gasteiger partial charge in [0.05, 0.1) is 12.9 Å². The van der Waals surface area contributed by atoms with E-state index in [0.29, 0.717) is 12.3 Å². The summed E-state index contributed by atoms with van der Waals surface area (Å²) in [7, 11) is 0. The predicted molar refractivity (Wildman–Crippen MR) is 56.6 cm³/mol. The van der Waals surface area contributed by atoms with Crippen molar-refractivity contribution in [3.8, 4) is 0 Å². The average Bonchev–Trinajstić information content (AvgIpc) is 2.60. The van der Waals surface area contributed by atoms with Crippen molar-refractivity contribution in [3.05, 3.63) is 30.2 Å². The quantitative estimate of drug-likeness (QED) is 0.602. The molecule has 0 amide bonds. The van der Waals surface area contributed by atoms with Gasteiger partial charge in [-0.2, -0.15) is 0 Å². The van der Waals surface area contributed by atoms with Crippen LogP contribution in [0.5, 0.6) is 0 Å². The average molecular weight is 205 g/mol. The Morgan fingerprint density at radius 3 is 3.07 bits per heavy atom. The molecule has 1 aromatic carbocycles. The Kier molecular flexibility index (Phi) is 2.33. The molecule has 0 spiro atoms. The summed E-state index contributed by atoms with van der Waals surface area (Å²) in [6.07, 6.45) is 1.50. The van der Waals surface area contributed by atoms with E-state index < -0.39 is 5.97 Å². The number of hydrogen-bond acceptors (Lipinski definition) is 4. The zero-order valence-electron chi connectivity index (χ0n) is 8.32. The lowest BCUT2D eigenvalue weighted by Crippen LogP contribution is -2.03. The lowest BCUT2D eigenvalue weighted by atomic mass is 10.1. The zero-order valence-corrected chi connectivity index (χ0v) is 8.32. The molecule has 4 nitrogen and oxygen atoms in total. The molecule has 1 heterocycles. The molecule has 2 N–H and O–H groups in total. The van der Waals surface area contributed by atoms with E-state index in [0.717, 1.165) is 10.8 Å². The fraction of sp³-hybridized carbons (Fsp3) is 0.182. The van der Waals surface area contributed by atoms with Gasteiger partial charge in [-0.05, 0) is 25.1 Å². The fourth-order valence-electron chi connectivity index (χ4n) is 1.43. The van der Waals surface area contributed by atoms with Gasteiger partial charge >= 0.3 is 5.97 Å². The van der Waals surface area contributed by atoms with Gasteiger partial charge in [-0.1, -0.05) is 0 Å². The van der Waals surface area contributed by atoms with Crippen LogP contribution in [0.4, 0.5) is 5.69 Å². The van der Waals surface area contributed by atoms with Gasteiger partial charge < -0.3 is 14.9 Å². The van der Waals surface area contributed by atoms with Crippen LogP contribution in [0.2, 0.25) is 0 Å². The van der Waals surface area contributed by atoms with E-state index >= 15 is 0 Å². The normalized spacial score (nSPS) is 10.5. The first kappa shape index (κ1) is 9.58. The fourth-order valence-corrected chi connectivity index (χ4v) is 1.43. The van der Waals surface area contributed by atoms with Gasteiger partial charge in [0.25, 0.3) is 0 Å². The summed E-state index contributed by atoms with van der Waals surface area (Å²) in [6, 6.07) is 5.22. The number of ether oxygens (including phenoxy) is 1. The third kappa shape index (κ3) is 1.66. The number of anilines is 1. The van der Waals surface area contributed by atoms with Crippen molar-refractivity contribution in [3.63, 3.8) is 0 Å². The largest absolute Gasteiger partial charge is 0.460 e. The number of nitrogen functional groups attached to an aromatic ring is 1. The minimum Gasteiger partial charge on any atom is -0.460 e. The molecule has 2 rings (SSSR count). The highest BCUT2D eigenvalue weighted by atomic mass is 16.5. The predicted octanol–water partition coefficient (Wildman–Crippen LogP) is 2.19. The number of nitrogens with two attached hydrogens (primary N) is 1. The van der Waals surface area contributed by atoms with Gasteiger partial charge in [-0.3, -0.25) is 0 Å². The Balaban J connectivity index is 2.49. The van der Waals surface area contributed by atoms with Crippen LogP contribution in [-0.4, -0.2) is 12.6 Å². The van der Waals surface area contributed by atoms with E-state index in [1.807, 2.05) is 0 Å². The second kappa shape index (κ2) is 3.65. The summed E-state index contributed by atoms with van der Waals surface area (Å²) in [5.41, 5.74) is 6.25. The highest BCUT2D eigenvalue weighted by molar-refractivity contribution is 6.02. The number of hydrogen-bond donors (Lipinski definition) is 1. The van der Waals surface area contributed by atoms with Gasteiger partial charge in [0, 0.05) is 16.5 Å². The molecule has 0 aliphatic carbocycles. The smallest absolute Gasteiger partial charge is 0.374 e. The first-order chi connectivity index (χ1) is 7.22. The van der Waals surface area contributed by atoms with E-state index in [2.05, 4.69) is 0 Å². The van der Waals surface area contributed by atoms with Crippen molar-refractivity contribution in [2.75, 3.05) is 12.3 Å². The Hall–Kier alpha value is -1.97. The van der Waals surface area contributed by atoms with Crippen LogP contribution in [0.1, 0.15) is 17.5 Å². The number of fused-ring (bicyclic) bond motifs is 1. The number of rotatable bonds is 2. The summed E-state index contributed by atoms with van der Waals surface area (Å²) < 4.78 is 10.0. The minimum atomic E-state index is -0.447. The van der Waals surface area contributed by atoms with Gasteiger partial charge in [0.15, 0.2) is 0 Å². The van der Waals surface area contributed by atoms with Crippen LogP contribution in [0.25, 0.3) is 10.8 Å². The van der Waals surface area contributed by atoms with Crippen LogP contribution in [0, 0.1) is 0 Å². The molecule has 0 saturated carbocycles. The summed E-state index contributed by atoms with van der Waals surface area (Å²) in [4.78, 5) is 11.5. The molecule has 0 unspecified atom stereocenters. The highest BCUT2D eigenvalue weighted by Gasteiger charge is 2.15. The maximum Gasteiger partial charge on any atom is 0.374 e. The van der Waals surface area contributed by atoms with E-state index in [1.165, 1.54) is 6.26 Å². The minimum absolute atomic E-state index is 0.229. The van der Waals surface area contributed by atoms with Crippen molar-refractivity contribution < 1.29 is 13.9 Å². The van der Waals surface area contributed by atoms with Crippen LogP contribution in [0.15, 0.2) is 28.9 Å². The van der Waals surface area contributed by atoms with Crippen LogP contribution < -0.4 is 5.73 Å². The summed E-state index contributed by atoms with van der Waals surface area (Å²) in [5, 5.41) is 1.53. The number of carbonyl (C=O) groups excluding carboxylic acids is 1. The number of benzene rings is 1. The molecule has 0 radical (unpaired) electrons. The molecule has 0 saturated heterocycles. The van der Waals surface area contributed by atoms with Gasteiger partial charge in [0.2, 0.25) is 5.76 Å². The molecule has 0 atom stereocenters. The topological polar surface area (TPSA) is 65.5 Å². The van der Waals surface area contributed by atoms with Crippen LogP contribution in [-0.2, 0) is 4.74 Å². The molecule has 1 aromatic heterocycles. The molecule has 0 bridgehead atoms. The molecule has 0 fully saturated rings. The van der Waals surface area contributed by atoms with Crippen molar-refractivity contribution in [1.82, 2.24) is 0 Å². The van der Waals surface area contributed by atoms with Gasteiger partial charge in [-0.25, -0.2) is 4.79 Å². The highest BCUT2D eigenvalue weighted by Crippen LogP contribution is 2.23. The molecule has 2 aromatic rings. The number of carbonyl (C=O) groups is 1. The molecular weight excluding hydrogens is 194 g/mol. The van der Waals surface area contributed by atoms with Crippen molar-refractivity contribution in [2.24, 2.45) is 0 Å². The molecule has 0 aliphatic heterocycles. The molecular formula is C11H11NO3. The maximum absolute atomic E-state index is 11.5. The summed E-state index contributed by atoms with van der Waals surface area (Å²) in [5.74, 6) is -0.218. The van der Waals surface area contributed by atoms with Crippen LogP contribution in [0.3, 0.4) is 0 Å². The SMILES string of the molecule is CCOC(=O)c1occ2cc(N)ccc12. The van der Waals surface area contributed by atoms with Crippen molar-refractivity contribution >= 4 is 22.4 Å². The standard InChI is InChI=1S/C11H11NO3/c1-2-14-11(13)10-9-4-3-8(12)5-7(9)6-15-10/h3-6H,2,12H2,1H3. The molecule has 78 valence electrons. The Morgan fingerprint density at radius 1 is 1.53 bits per heavy atom. The number of esters is 1. The monoisotopic (exact) mass is 205 g/mol. The second-order valence-corrected chi connectivity index (χ2v) is 3.13. The lowest BCUT2D eigenvalue weighted by Gasteiger charge is -1.98. The lowest BCUT2D eigenvalue weighted by molar-refractivity contribution is 0.0493. The van der Waals surface area contributed by atoms with E-state index in [4.69, 9.17) is 14.9 Å². The third-order valence-corrected chi connectivity index (χ3v) is 2.08. The Bertz CT molecular complexity index is 502. The summed E-state index contributed by atoms with van der Waals surface area (Å²) in [6.45, 7) is 2.08. The first-order valence-electron chi connectivity index (χ1n) is 4.66.